The number of nitrogens with zero attached hydrogens (tertiary/aromatic N) is 1. The van der Waals surface area contributed by atoms with E-state index in [2.05, 4.69) is 56.0 Å². The Labute approximate surface area is 612 Å². The minimum atomic E-state index is -1.39. The molecule has 1 saturated heterocycles. The van der Waals surface area contributed by atoms with Crippen LogP contribution in [-0.2, 0) is 89.4 Å². The Morgan fingerprint density at radius 2 is 1.45 bits per heavy atom. The van der Waals surface area contributed by atoms with E-state index in [0.717, 1.165) is 35.1 Å². The number of urea groups is 1. The SMILES string of the molecule is CCCC1O[C@@H]2C[C@H]3[C@@H]4CCC5=CC(=O)C=C[C@]5(C)[C@H]4[C@@H](O)C[C@]3(C)[C@]2(C(=O)COCNC(=O)CNC(=O)OCc2ccc(NC(=O)[C@H](CCCNC(N)=O)NC(=O)[C@@H](NC(=O)CCOCCOCCOCCOCCNC(=O)CCC(=O)N3Cc4ccccc4C#Cc4ccccc43)C(C)C)cc2)O1. The number of primary amides is 1. The van der Waals surface area contributed by atoms with Crippen LogP contribution in [0.2, 0.25) is 0 Å². The van der Waals surface area contributed by atoms with Crippen molar-refractivity contribution in [3.8, 4) is 11.8 Å². The molecule has 4 aliphatic carbocycles. The van der Waals surface area contributed by atoms with E-state index in [1.165, 1.54) is 0 Å². The zero-order valence-corrected chi connectivity index (χ0v) is 60.6. The molecule has 2 heterocycles. The zero-order valence-electron chi connectivity index (χ0n) is 60.6. The van der Waals surface area contributed by atoms with Crippen LogP contribution in [0.1, 0.15) is 128 Å². The number of amides is 9. The van der Waals surface area contributed by atoms with Crippen LogP contribution in [0, 0.1) is 46.3 Å². The summed E-state index contributed by atoms with van der Waals surface area (Å²) < 4.78 is 46.6. The maximum atomic E-state index is 14.6. The molecule has 4 fully saturated rings. The van der Waals surface area contributed by atoms with E-state index in [1.807, 2.05) is 68.5 Å². The van der Waals surface area contributed by atoms with E-state index in [-0.39, 0.29) is 139 Å². The minimum absolute atomic E-state index is 0.0167. The average Bonchev–Trinajstić information content (AvgIpc) is 1.50. The highest BCUT2D eigenvalue weighted by molar-refractivity contribution is 6.01. The number of ketones is 2. The lowest BCUT2D eigenvalue weighted by atomic mass is 9.46. The molecule has 10 N–H and O–H groups in total. The monoisotopic (exact) mass is 1460 g/mol. The number of anilines is 2. The lowest BCUT2D eigenvalue weighted by Gasteiger charge is -2.59. The van der Waals surface area contributed by atoms with Gasteiger partial charge in [0.05, 0.1) is 77.3 Å². The van der Waals surface area contributed by atoms with E-state index >= 15 is 0 Å². The Morgan fingerprint density at radius 1 is 0.752 bits per heavy atom. The topological polar surface area (TPSA) is 378 Å². The normalized spacial score (nSPS) is 23.6. The number of alkyl carbamates (subject to hydrolysis) is 1. The number of hydrogen-bond donors (Lipinski definition) is 9. The van der Waals surface area contributed by atoms with Gasteiger partial charge in [-0.05, 0) is 116 Å². The molecule has 6 aliphatic rings. The van der Waals surface area contributed by atoms with Gasteiger partial charge in [-0.15, -0.1) is 0 Å². The van der Waals surface area contributed by atoms with Gasteiger partial charge in [0.1, 0.15) is 38.6 Å². The molecule has 0 bridgehead atoms. The second-order valence-electron chi connectivity index (χ2n) is 28.0. The molecule has 568 valence electrons. The Balaban J connectivity index is 0.611. The number of nitrogens with two attached hydrogens (primary N) is 1. The van der Waals surface area contributed by atoms with E-state index in [4.69, 9.17) is 43.6 Å². The Kier molecular flexibility index (Phi) is 29.3. The molecule has 9 rings (SSSR count). The highest BCUT2D eigenvalue weighted by Gasteiger charge is 2.76. The van der Waals surface area contributed by atoms with Crippen molar-refractivity contribution in [2.75, 3.05) is 96.0 Å². The van der Waals surface area contributed by atoms with Crippen LogP contribution in [0.5, 0.6) is 0 Å². The smallest absolute Gasteiger partial charge is 0.407 e. The molecule has 2 aliphatic heterocycles. The first kappa shape index (κ1) is 80.2. The maximum Gasteiger partial charge on any atom is 0.407 e. The van der Waals surface area contributed by atoms with Crippen LogP contribution in [-0.4, -0.2) is 186 Å². The number of fused-ring (bicyclic) bond motifs is 9. The quantitative estimate of drug-likeness (QED) is 0.0205. The fraction of sp³-hybridized carbons (Fsp3) is 0.558. The number of hydrogen-bond acceptors (Lipinski definition) is 19. The summed E-state index contributed by atoms with van der Waals surface area (Å²) >= 11 is 0. The number of carbonyl (C=O) groups excluding carboxylic acids is 10. The van der Waals surface area contributed by atoms with Gasteiger partial charge in [-0.1, -0.05) is 107 Å². The molecule has 3 aromatic rings. The third kappa shape index (κ3) is 21.0. The van der Waals surface area contributed by atoms with Crippen LogP contribution in [0.4, 0.5) is 21.0 Å². The number of carbonyl (C=O) groups is 10. The van der Waals surface area contributed by atoms with Crippen molar-refractivity contribution in [2.45, 2.75) is 155 Å². The second-order valence-corrected chi connectivity index (χ2v) is 28.0. The molecule has 3 aromatic carbocycles. The van der Waals surface area contributed by atoms with Crippen molar-refractivity contribution in [3.63, 3.8) is 0 Å². The highest BCUT2D eigenvalue weighted by atomic mass is 16.7. The number of benzene rings is 3. The fourth-order valence-electron chi connectivity index (χ4n) is 15.4. The average molecular weight is 1460 g/mol. The lowest BCUT2D eigenvalue weighted by Crippen LogP contribution is -2.63. The molecule has 0 spiro atoms. The summed E-state index contributed by atoms with van der Waals surface area (Å²) in [4.78, 5) is 132. The van der Waals surface area contributed by atoms with E-state index in [0.29, 0.717) is 69.0 Å². The summed E-state index contributed by atoms with van der Waals surface area (Å²) in [5.74, 6) is 2.78. The number of Topliss-reactive ketones (excluding diaryl/α,β-unsaturated/α-hetero) is 1. The highest BCUT2D eigenvalue weighted by Crippen LogP contribution is 2.70. The molecule has 1 unspecified atom stereocenters. The van der Waals surface area contributed by atoms with Crippen molar-refractivity contribution < 1.29 is 90.9 Å². The molecule has 28 heteroatoms. The zero-order chi connectivity index (χ0) is 75.1. The number of aliphatic hydroxyl groups is 1. The van der Waals surface area contributed by atoms with Gasteiger partial charge in [0.15, 0.2) is 23.5 Å². The van der Waals surface area contributed by atoms with Crippen LogP contribution in [0.25, 0.3) is 0 Å². The molecule has 105 heavy (non-hydrogen) atoms. The first-order valence-electron chi connectivity index (χ1n) is 36.4. The number of nitrogens with one attached hydrogen (secondary N) is 7. The lowest BCUT2D eigenvalue weighted by molar-refractivity contribution is -0.201. The molecular formula is C77H101N9O19. The molecule has 0 aromatic heterocycles. The van der Waals surface area contributed by atoms with Gasteiger partial charge in [0.2, 0.25) is 35.4 Å². The third-order valence-electron chi connectivity index (χ3n) is 20.6. The van der Waals surface area contributed by atoms with Gasteiger partial charge in [-0.2, -0.15) is 0 Å². The molecule has 11 atom stereocenters. The van der Waals surface area contributed by atoms with E-state index < -0.39 is 95.9 Å². The van der Waals surface area contributed by atoms with Crippen LogP contribution >= 0.6 is 0 Å². The van der Waals surface area contributed by atoms with Crippen LogP contribution in [0.3, 0.4) is 0 Å². The van der Waals surface area contributed by atoms with Gasteiger partial charge in [-0.25, -0.2) is 9.59 Å². The molecule has 0 radical (unpaired) electrons. The van der Waals surface area contributed by atoms with Crippen molar-refractivity contribution in [1.29, 1.82) is 0 Å². The molecular weight excluding hydrogens is 1350 g/mol. The number of allylic oxidation sites excluding steroid dienone is 4. The van der Waals surface area contributed by atoms with Gasteiger partial charge in [0.25, 0.3) is 0 Å². The van der Waals surface area contributed by atoms with Crippen molar-refractivity contribution in [2.24, 2.45) is 40.2 Å². The van der Waals surface area contributed by atoms with Crippen LogP contribution in [0.15, 0.2) is 96.6 Å². The number of ether oxygens (including phenoxy) is 8. The maximum absolute atomic E-state index is 14.6. The minimum Gasteiger partial charge on any atom is -0.445 e. The summed E-state index contributed by atoms with van der Waals surface area (Å²) in [7, 11) is 0. The first-order chi connectivity index (χ1) is 50.5. The number of para-hydroxylation sites is 1. The van der Waals surface area contributed by atoms with Gasteiger partial charge >= 0.3 is 12.1 Å². The number of rotatable bonds is 39. The predicted octanol–water partition coefficient (Wildman–Crippen LogP) is 5.05. The standard InChI is InChI=1S/C77H101N9O19/c1-6-12-68-104-63-42-58-57-25-22-54-41-56(87)28-30-75(54,4)69(57)61(88)43-76(58,5)77(63,105-68)62(89)47-102-48-82-66(92)44-81-74(97)103-46-50-18-23-55(24-19-50)83-71(94)59(16-11-31-80-73(78)96)84-72(95)70(49(2)3)85-65(91)29-33-98-35-37-100-39-40-101-38-36-99-34-32-79-64(90)26-27-67(93)86-45-53-15-8-7-13-51(53)20-21-52-14-9-10-17-60(52)86/h7-10,13-15,17-19,23-24,28,30,41,49,57-59,61,63,68-70,88H,6,11-12,16,22,25-27,29,31-40,42-48H2,1-5H3,(H,79,90)(H,81,97)(H,82,92)(H,83,94)(H,84,95)(H,85,91)(H3,78,80,96)/t57-,58-,59-,61-,63+,68?,69+,70-,75-,76-,77+/m0/s1. The molecule has 3 saturated carbocycles. The Hall–Kier alpha value is -8.92. The molecule has 9 amide bonds. The summed E-state index contributed by atoms with van der Waals surface area (Å²) in [6.45, 7) is 10.8. The first-order valence-corrected chi connectivity index (χ1v) is 36.4. The summed E-state index contributed by atoms with van der Waals surface area (Å²) in [6, 6.07) is 18.6. The summed E-state index contributed by atoms with van der Waals surface area (Å²) in [5.41, 5.74) is 7.72. The third-order valence-corrected chi connectivity index (χ3v) is 20.6. The fourth-order valence-corrected chi connectivity index (χ4v) is 15.4. The van der Waals surface area contributed by atoms with Gasteiger partial charge in [0, 0.05) is 65.9 Å². The summed E-state index contributed by atoms with van der Waals surface area (Å²) in [5, 5.41) is 30.5. The van der Waals surface area contributed by atoms with E-state index in [1.54, 1.807) is 55.2 Å². The largest absolute Gasteiger partial charge is 0.445 e. The van der Waals surface area contributed by atoms with Crippen LogP contribution < -0.4 is 47.9 Å². The van der Waals surface area contributed by atoms with Gasteiger partial charge < -0.3 is 90.9 Å². The molecule has 28 nitrogen and oxygen atoms in total. The summed E-state index contributed by atoms with van der Waals surface area (Å²) in [6.07, 6.45) is 6.41. The van der Waals surface area contributed by atoms with Crippen molar-refractivity contribution in [1.82, 2.24) is 31.9 Å². The Bertz CT molecular complexity index is 3710. The Morgan fingerprint density at radius 3 is 2.17 bits per heavy atom. The van der Waals surface area contributed by atoms with Crippen molar-refractivity contribution >= 4 is 70.5 Å². The predicted molar refractivity (Wildman–Crippen MR) is 384 cm³/mol. The van der Waals surface area contributed by atoms with Crippen molar-refractivity contribution in [3.05, 3.63) is 119 Å². The van der Waals surface area contributed by atoms with Gasteiger partial charge in [-0.3, -0.25) is 38.4 Å². The second kappa shape index (κ2) is 38.4. The number of aliphatic hydroxyl groups excluding tert-OH is 1. The van der Waals surface area contributed by atoms with E-state index in [9.17, 15) is 53.1 Å².